The largest absolute Gasteiger partial charge is 0.486 e. The minimum absolute atomic E-state index is 0.601. The van der Waals surface area contributed by atoms with Gasteiger partial charge in [0.05, 0.1) is 5.52 Å². The Balaban J connectivity index is 2.29. The van der Waals surface area contributed by atoms with E-state index in [9.17, 15) is 0 Å². The minimum Gasteiger partial charge on any atom is -0.486 e. The molecule has 0 saturated carbocycles. The van der Waals surface area contributed by atoms with Crippen molar-refractivity contribution in [2.75, 3.05) is 13.2 Å². The fourth-order valence-corrected chi connectivity index (χ4v) is 1.92. The third-order valence-corrected chi connectivity index (χ3v) is 2.78. The van der Waals surface area contributed by atoms with Gasteiger partial charge in [-0.25, -0.2) is 0 Å². The summed E-state index contributed by atoms with van der Waals surface area (Å²) < 4.78 is 11.8. The van der Waals surface area contributed by atoms with Crippen LogP contribution < -0.4 is 9.47 Å². The third kappa shape index (κ3) is 1.09. The maximum Gasteiger partial charge on any atom is 0.163 e. The number of hydrogen-bond acceptors (Lipinski definition) is 3. The molecule has 0 unspecified atom stereocenters. The molecule has 0 bridgehead atoms. The van der Waals surface area contributed by atoms with Gasteiger partial charge in [-0.05, 0) is 22.0 Å². The summed E-state index contributed by atoms with van der Waals surface area (Å²) in [5.41, 5.74) is 0.876. The number of fused-ring (bicyclic) bond motifs is 2. The van der Waals surface area contributed by atoms with Gasteiger partial charge in [0.15, 0.2) is 11.5 Å². The van der Waals surface area contributed by atoms with Crippen LogP contribution in [-0.4, -0.2) is 23.4 Å². The molecular formula is C9H7BrN2O2. The normalized spacial score (nSPS) is 14.6. The van der Waals surface area contributed by atoms with E-state index in [1.807, 2.05) is 12.1 Å². The van der Waals surface area contributed by atoms with Crippen LogP contribution in [0, 0.1) is 0 Å². The first kappa shape index (κ1) is 8.11. The molecule has 0 aliphatic carbocycles. The van der Waals surface area contributed by atoms with Crippen molar-refractivity contribution >= 4 is 26.8 Å². The third-order valence-electron chi connectivity index (χ3n) is 2.17. The Morgan fingerprint density at radius 3 is 2.71 bits per heavy atom. The van der Waals surface area contributed by atoms with E-state index in [-0.39, 0.29) is 0 Å². The number of H-pyrrole nitrogens is 1. The van der Waals surface area contributed by atoms with Crippen LogP contribution in [0.4, 0.5) is 0 Å². The Morgan fingerprint density at radius 1 is 1.21 bits per heavy atom. The quantitative estimate of drug-likeness (QED) is 0.784. The van der Waals surface area contributed by atoms with Crippen molar-refractivity contribution in [1.82, 2.24) is 10.2 Å². The van der Waals surface area contributed by atoms with Crippen LogP contribution in [0.15, 0.2) is 16.7 Å². The Labute approximate surface area is 88.3 Å². The highest BCUT2D eigenvalue weighted by molar-refractivity contribution is 9.10. The van der Waals surface area contributed by atoms with Gasteiger partial charge in [-0.1, -0.05) is 0 Å². The number of aromatic nitrogens is 2. The van der Waals surface area contributed by atoms with Gasteiger partial charge in [0, 0.05) is 11.5 Å². The van der Waals surface area contributed by atoms with Gasteiger partial charge in [0.1, 0.15) is 17.8 Å². The number of benzene rings is 1. The highest BCUT2D eigenvalue weighted by Crippen LogP contribution is 2.35. The number of aromatic amines is 1. The van der Waals surface area contributed by atoms with E-state index in [1.54, 1.807) is 0 Å². The highest BCUT2D eigenvalue weighted by atomic mass is 79.9. The summed E-state index contributed by atoms with van der Waals surface area (Å²) in [5.74, 6) is 1.55. The topological polar surface area (TPSA) is 47.1 Å². The van der Waals surface area contributed by atoms with E-state index >= 15 is 0 Å². The number of ether oxygens (including phenoxy) is 2. The van der Waals surface area contributed by atoms with E-state index in [2.05, 4.69) is 26.1 Å². The van der Waals surface area contributed by atoms with Crippen molar-refractivity contribution < 1.29 is 9.47 Å². The van der Waals surface area contributed by atoms with Crippen LogP contribution in [0.3, 0.4) is 0 Å². The molecule has 1 aliphatic heterocycles. The summed E-state index contributed by atoms with van der Waals surface area (Å²) in [5, 5.41) is 7.98. The zero-order valence-corrected chi connectivity index (χ0v) is 8.80. The molecule has 0 spiro atoms. The Kier molecular flexibility index (Phi) is 1.67. The predicted octanol–water partition coefficient (Wildman–Crippen LogP) is 2.10. The molecule has 4 nitrogen and oxygen atoms in total. The molecule has 1 aromatic carbocycles. The van der Waals surface area contributed by atoms with E-state index in [0.29, 0.717) is 13.2 Å². The molecule has 14 heavy (non-hydrogen) atoms. The number of nitrogens with zero attached hydrogens (tertiary/aromatic N) is 1. The van der Waals surface area contributed by atoms with Crippen LogP contribution >= 0.6 is 15.9 Å². The number of rotatable bonds is 0. The Hall–Kier alpha value is -1.23. The maximum absolute atomic E-state index is 5.47. The second-order valence-corrected chi connectivity index (χ2v) is 3.84. The molecule has 0 fully saturated rings. The van der Waals surface area contributed by atoms with E-state index in [0.717, 1.165) is 27.0 Å². The van der Waals surface area contributed by atoms with Gasteiger partial charge in [-0.3, -0.25) is 5.10 Å². The van der Waals surface area contributed by atoms with Gasteiger partial charge in [0.25, 0.3) is 0 Å². The van der Waals surface area contributed by atoms with Gasteiger partial charge >= 0.3 is 0 Å². The van der Waals surface area contributed by atoms with Crippen LogP contribution in [0.5, 0.6) is 11.5 Å². The molecule has 1 aromatic heterocycles. The Bertz CT molecular complexity index is 495. The van der Waals surface area contributed by atoms with Crippen LogP contribution in [0.1, 0.15) is 0 Å². The average Bonchev–Trinajstić information content (AvgIpc) is 2.57. The van der Waals surface area contributed by atoms with Crippen molar-refractivity contribution in [1.29, 1.82) is 0 Å². The molecule has 0 atom stereocenters. The molecule has 1 aliphatic rings. The first-order chi connectivity index (χ1) is 6.84. The van der Waals surface area contributed by atoms with Crippen molar-refractivity contribution in [2.45, 2.75) is 0 Å². The summed E-state index contributed by atoms with van der Waals surface area (Å²) in [6.07, 6.45) is 0. The smallest absolute Gasteiger partial charge is 0.163 e. The van der Waals surface area contributed by atoms with Crippen molar-refractivity contribution in [2.24, 2.45) is 0 Å². The predicted molar refractivity (Wildman–Crippen MR) is 54.8 cm³/mol. The Morgan fingerprint density at radius 2 is 1.93 bits per heavy atom. The lowest BCUT2D eigenvalue weighted by molar-refractivity contribution is 0.172. The second-order valence-electron chi connectivity index (χ2n) is 3.05. The molecule has 0 saturated heterocycles. The second kappa shape index (κ2) is 2.88. The van der Waals surface area contributed by atoms with E-state index < -0.39 is 0 Å². The lowest BCUT2D eigenvalue weighted by Gasteiger charge is -2.17. The molecule has 0 amide bonds. The molecular weight excluding hydrogens is 248 g/mol. The van der Waals surface area contributed by atoms with Gasteiger partial charge in [-0.2, -0.15) is 5.10 Å². The first-order valence-electron chi connectivity index (χ1n) is 4.28. The van der Waals surface area contributed by atoms with E-state index in [4.69, 9.17) is 9.47 Å². The summed E-state index contributed by atoms with van der Waals surface area (Å²) in [6, 6.07) is 3.81. The zero-order valence-electron chi connectivity index (χ0n) is 7.21. The molecule has 72 valence electrons. The van der Waals surface area contributed by atoms with E-state index in [1.165, 1.54) is 0 Å². The summed E-state index contributed by atoms with van der Waals surface area (Å²) in [6.45, 7) is 1.21. The van der Waals surface area contributed by atoms with Gasteiger partial charge in [0.2, 0.25) is 0 Å². The molecule has 5 heteroatoms. The van der Waals surface area contributed by atoms with Gasteiger partial charge in [-0.15, -0.1) is 0 Å². The van der Waals surface area contributed by atoms with Crippen LogP contribution in [0.2, 0.25) is 0 Å². The molecule has 0 radical (unpaired) electrons. The van der Waals surface area contributed by atoms with Crippen LogP contribution in [-0.2, 0) is 0 Å². The molecule has 1 N–H and O–H groups in total. The summed E-state index contributed by atoms with van der Waals surface area (Å²) >= 11 is 3.38. The fourth-order valence-electron chi connectivity index (χ4n) is 1.52. The number of hydrogen-bond donors (Lipinski definition) is 1. The lowest BCUT2D eigenvalue weighted by atomic mass is 10.2. The van der Waals surface area contributed by atoms with Crippen LogP contribution in [0.25, 0.3) is 10.9 Å². The maximum atomic E-state index is 5.47. The molecule has 2 aromatic rings. The summed E-state index contributed by atoms with van der Waals surface area (Å²) in [4.78, 5) is 0. The SMILES string of the molecule is Brc1[nH]nc2cc3c(cc12)OCCO3. The lowest BCUT2D eigenvalue weighted by Crippen LogP contribution is -2.15. The first-order valence-corrected chi connectivity index (χ1v) is 5.07. The average molecular weight is 255 g/mol. The highest BCUT2D eigenvalue weighted by Gasteiger charge is 2.14. The number of halogens is 1. The standard InChI is InChI=1S/C9H7BrN2O2/c10-9-5-3-7-8(14-2-1-13-7)4-6(5)11-12-9/h3-4H,1-2H2,(H,11,12). The molecule has 2 heterocycles. The fraction of sp³-hybridized carbons (Fsp3) is 0.222. The van der Waals surface area contributed by atoms with Crippen molar-refractivity contribution in [3.05, 3.63) is 16.7 Å². The van der Waals surface area contributed by atoms with Gasteiger partial charge < -0.3 is 9.47 Å². The summed E-state index contributed by atoms with van der Waals surface area (Å²) in [7, 11) is 0. The zero-order chi connectivity index (χ0) is 9.54. The van der Waals surface area contributed by atoms with Crippen molar-refractivity contribution in [3.63, 3.8) is 0 Å². The minimum atomic E-state index is 0.601. The number of nitrogens with one attached hydrogen (secondary N) is 1. The monoisotopic (exact) mass is 254 g/mol. The van der Waals surface area contributed by atoms with Crippen molar-refractivity contribution in [3.8, 4) is 11.5 Å². The molecule has 3 rings (SSSR count).